The van der Waals surface area contributed by atoms with Crippen molar-refractivity contribution in [3.63, 3.8) is 0 Å². The number of nitrogens with one attached hydrogen (secondary N) is 1. The summed E-state index contributed by atoms with van der Waals surface area (Å²) in [6.07, 6.45) is 3.00. The van der Waals surface area contributed by atoms with Gasteiger partial charge in [-0.25, -0.2) is 3.97 Å². The van der Waals surface area contributed by atoms with E-state index in [9.17, 15) is 18.0 Å². The number of hydrogen-bond donors (Lipinski definition) is 1. The Morgan fingerprint density at radius 1 is 1.00 bits per heavy atom. The van der Waals surface area contributed by atoms with E-state index in [-0.39, 0.29) is 17.2 Å². The molecule has 1 aromatic heterocycles. The summed E-state index contributed by atoms with van der Waals surface area (Å²) in [4.78, 5) is 30.7. The van der Waals surface area contributed by atoms with Crippen LogP contribution in [0, 0.1) is 0 Å². The number of likely N-dealkylation sites (N-methyl/N-ethyl adjacent to an activating group) is 1. The molecule has 0 unspecified atom stereocenters. The minimum Gasteiger partial charge on any atom is -0.496 e. The lowest BCUT2D eigenvalue weighted by Crippen LogP contribution is -2.49. The molecule has 0 spiro atoms. The lowest BCUT2D eigenvalue weighted by molar-refractivity contribution is -0.128. The second-order valence-electron chi connectivity index (χ2n) is 9.00. The SMILES string of the molecule is COc1ccccc1C(=O)N/C(=C\c1cn(S(=O)(=O)N(C)C)c2ccccc12)C(=O)N1CCN(C)CC1. The Morgan fingerprint density at radius 3 is 2.32 bits per heavy atom. The summed E-state index contributed by atoms with van der Waals surface area (Å²) in [7, 11) is 2.54. The highest BCUT2D eigenvalue weighted by Crippen LogP contribution is 2.26. The normalized spacial score (nSPS) is 15.3. The lowest BCUT2D eigenvalue weighted by Gasteiger charge is -2.33. The van der Waals surface area contributed by atoms with E-state index in [1.807, 2.05) is 7.05 Å². The van der Waals surface area contributed by atoms with Crippen LogP contribution < -0.4 is 10.1 Å². The van der Waals surface area contributed by atoms with Gasteiger partial charge >= 0.3 is 10.2 Å². The van der Waals surface area contributed by atoms with Crippen molar-refractivity contribution in [2.24, 2.45) is 0 Å². The molecule has 0 atom stereocenters. The second kappa shape index (κ2) is 10.8. The van der Waals surface area contributed by atoms with Gasteiger partial charge in [-0.3, -0.25) is 9.59 Å². The van der Waals surface area contributed by atoms with E-state index in [1.165, 1.54) is 37.5 Å². The van der Waals surface area contributed by atoms with Gasteiger partial charge in [0.1, 0.15) is 11.4 Å². The van der Waals surface area contributed by atoms with E-state index in [4.69, 9.17) is 4.74 Å². The summed E-state index contributed by atoms with van der Waals surface area (Å²) in [5.41, 5.74) is 1.27. The molecule has 0 bridgehead atoms. The molecular formula is C26H31N5O5S. The highest BCUT2D eigenvalue weighted by atomic mass is 32.2. The van der Waals surface area contributed by atoms with Crippen molar-refractivity contribution in [3.8, 4) is 5.75 Å². The highest BCUT2D eigenvalue weighted by Gasteiger charge is 2.26. The Balaban J connectivity index is 1.81. The number of fused-ring (bicyclic) bond motifs is 1. The van der Waals surface area contributed by atoms with Gasteiger partial charge in [-0.05, 0) is 31.3 Å². The zero-order chi connectivity index (χ0) is 26.7. The number of aromatic nitrogens is 1. The molecule has 37 heavy (non-hydrogen) atoms. The molecule has 2 heterocycles. The van der Waals surface area contributed by atoms with Crippen molar-refractivity contribution in [3.05, 3.63) is 71.6 Å². The summed E-state index contributed by atoms with van der Waals surface area (Å²) in [6.45, 7) is 2.43. The smallest absolute Gasteiger partial charge is 0.307 e. The number of benzene rings is 2. The number of rotatable bonds is 7. The van der Waals surface area contributed by atoms with Crippen LogP contribution in [-0.2, 0) is 15.0 Å². The molecule has 1 aliphatic rings. The predicted octanol–water partition coefficient (Wildman–Crippen LogP) is 1.85. The quantitative estimate of drug-likeness (QED) is 0.472. The predicted molar refractivity (Wildman–Crippen MR) is 142 cm³/mol. The third-order valence-electron chi connectivity index (χ3n) is 6.34. The van der Waals surface area contributed by atoms with Crippen molar-refractivity contribution < 1.29 is 22.7 Å². The van der Waals surface area contributed by atoms with E-state index in [0.717, 1.165) is 4.31 Å². The average Bonchev–Trinajstić information content (AvgIpc) is 3.27. The number of carbonyl (C=O) groups is 2. The first-order valence-electron chi connectivity index (χ1n) is 11.8. The average molecular weight is 526 g/mol. The minimum atomic E-state index is -3.82. The van der Waals surface area contributed by atoms with Crippen LogP contribution in [0.3, 0.4) is 0 Å². The third-order valence-corrected chi connectivity index (χ3v) is 8.06. The number of amides is 2. The molecule has 2 aromatic carbocycles. The number of piperazine rings is 1. The Kier molecular flexibility index (Phi) is 7.67. The monoisotopic (exact) mass is 525 g/mol. The third kappa shape index (κ3) is 5.38. The number of methoxy groups -OCH3 is 1. The van der Waals surface area contributed by atoms with Gasteiger partial charge in [0.25, 0.3) is 11.8 Å². The van der Waals surface area contributed by atoms with Crippen molar-refractivity contribution in [2.75, 3.05) is 54.4 Å². The first-order valence-corrected chi connectivity index (χ1v) is 13.2. The Morgan fingerprint density at radius 2 is 1.65 bits per heavy atom. The minimum absolute atomic E-state index is 0.0469. The van der Waals surface area contributed by atoms with Crippen LogP contribution in [0.2, 0.25) is 0 Å². The number of nitrogens with zero attached hydrogens (tertiary/aromatic N) is 4. The van der Waals surface area contributed by atoms with E-state index < -0.39 is 16.1 Å². The van der Waals surface area contributed by atoms with E-state index in [2.05, 4.69) is 10.2 Å². The topological polar surface area (TPSA) is 104 Å². The van der Waals surface area contributed by atoms with Gasteiger partial charge in [-0.2, -0.15) is 12.7 Å². The van der Waals surface area contributed by atoms with Crippen LogP contribution in [0.25, 0.3) is 17.0 Å². The van der Waals surface area contributed by atoms with Crippen molar-refractivity contribution in [2.45, 2.75) is 0 Å². The van der Waals surface area contributed by atoms with Gasteiger partial charge in [0.05, 0.1) is 18.2 Å². The highest BCUT2D eigenvalue weighted by molar-refractivity contribution is 7.87. The fraction of sp³-hybridized carbons (Fsp3) is 0.308. The molecule has 3 aromatic rings. The van der Waals surface area contributed by atoms with Crippen LogP contribution in [0.5, 0.6) is 5.75 Å². The second-order valence-corrected chi connectivity index (χ2v) is 11.0. The molecule has 0 saturated carbocycles. The van der Waals surface area contributed by atoms with E-state index in [1.54, 1.807) is 53.4 Å². The largest absolute Gasteiger partial charge is 0.496 e. The molecule has 0 radical (unpaired) electrons. The van der Waals surface area contributed by atoms with Crippen LogP contribution in [-0.4, -0.2) is 92.7 Å². The maximum absolute atomic E-state index is 13.6. The zero-order valence-electron chi connectivity index (χ0n) is 21.3. The first kappa shape index (κ1) is 26.4. The molecule has 2 amide bonds. The Labute approximate surface area is 216 Å². The molecule has 1 fully saturated rings. The summed E-state index contributed by atoms with van der Waals surface area (Å²) in [5, 5.41) is 3.40. The van der Waals surface area contributed by atoms with Crippen LogP contribution in [0.4, 0.5) is 0 Å². The lowest BCUT2D eigenvalue weighted by atomic mass is 10.1. The number of carbonyl (C=O) groups excluding carboxylic acids is 2. The number of ether oxygens (including phenoxy) is 1. The molecule has 1 N–H and O–H groups in total. The molecule has 0 aliphatic carbocycles. The molecule has 1 saturated heterocycles. The van der Waals surface area contributed by atoms with Gasteiger partial charge in [-0.15, -0.1) is 0 Å². The Hall–Kier alpha value is -3.67. The van der Waals surface area contributed by atoms with Gasteiger partial charge < -0.3 is 19.9 Å². The first-order chi connectivity index (χ1) is 17.6. The molecule has 196 valence electrons. The van der Waals surface area contributed by atoms with E-state index in [0.29, 0.717) is 48.4 Å². The fourth-order valence-corrected chi connectivity index (χ4v) is 5.17. The molecule has 10 nitrogen and oxygen atoms in total. The maximum atomic E-state index is 13.6. The zero-order valence-corrected chi connectivity index (χ0v) is 22.2. The van der Waals surface area contributed by atoms with Gasteiger partial charge in [0.15, 0.2) is 0 Å². The van der Waals surface area contributed by atoms with Crippen LogP contribution >= 0.6 is 0 Å². The van der Waals surface area contributed by atoms with Crippen LogP contribution in [0.15, 0.2) is 60.4 Å². The summed E-state index contributed by atoms with van der Waals surface area (Å²) in [5.74, 6) is -0.473. The van der Waals surface area contributed by atoms with Gasteiger partial charge in [0, 0.05) is 57.4 Å². The summed E-state index contributed by atoms with van der Waals surface area (Å²) < 4.78 is 33.6. The fourth-order valence-electron chi connectivity index (χ4n) is 4.17. The standard InChI is InChI=1S/C26H31N5O5S/c1-28(2)37(34,35)31-18-19(20-9-5-7-11-23(20)31)17-22(26(33)30-15-13-29(3)14-16-30)27-25(32)21-10-6-8-12-24(21)36-4/h5-12,17-18H,13-16H2,1-4H3,(H,27,32)/b22-17-. The summed E-state index contributed by atoms with van der Waals surface area (Å²) in [6, 6.07) is 13.8. The summed E-state index contributed by atoms with van der Waals surface area (Å²) >= 11 is 0. The van der Waals surface area contributed by atoms with Crippen molar-refractivity contribution in [1.29, 1.82) is 0 Å². The van der Waals surface area contributed by atoms with Crippen LogP contribution in [0.1, 0.15) is 15.9 Å². The van der Waals surface area contributed by atoms with Gasteiger partial charge in [0.2, 0.25) is 0 Å². The van der Waals surface area contributed by atoms with Crippen molar-refractivity contribution >= 4 is 39.0 Å². The van der Waals surface area contributed by atoms with Crippen molar-refractivity contribution in [1.82, 2.24) is 23.4 Å². The van der Waals surface area contributed by atoms with Gasteiger partial charge in [-0.1, -0.05) is 30.3 Å². The molecule has 1 aliphatic heterocycles. The Bertz CT molecular complexity index is 1450. The molecule has 11 heteroatoms. The number of hydrogen-bond acceptors (Lipinski definition) is 6. The molecule has 4 rings (SSSR count). The van der Waals surface area contributed by atoms with E-state index >= 15 is 0 Å². The number of para-hydroxylation sites is 2. The molecular weight excluding hydrogens is 494 g/mol. The maximum Gasteiger partial charge on any atom is 0.307 e.